The molecule has 0 aliphatic rings. The fraction of sp³-hybridized carbons (Fsp3) is 0.130. The largest absolute Gasteiger partial charge is 0.486 e. The van der Waals surface area contributed by atoms with Gasteiger partial charge in [0.2, 0.25) is 0 Å². The predicted octanol–water partition coefficient (Wildman–Crippen LogP) is 5.77. The van der Waals surface area contributed by atoms with Crippen LogP contribution in [0.25, 0.3) is 22.4 Å². The molecule has 158 valence electrons. The van der Waals surface area contributed by atoms with Crippen LogP contribution in [0.15, 0.2) is 61.1 Å². The molecule has 0 unspecified atom stereocenters. The Morgan fingerprint density at radius 1 is 0.935 bits per heavy atom. The summed E-state index contributed by atoms with van der Waals surface area (Å²) in [5, 5.41) is 4.33. The van der Waals surface area contributed by atoms with Crippen molar-refractivity contribution in [1.29, 1.82) is 0 Å². The van der Waals surface area contributed by atoms with Gasteiger partial charge in [-0.2, -0.15) is 5.10 Å². The number of benzene rings is 2. The molecule has 4 nitrogen and oxygen atoms in total. The van der Waals surface area contributed by atoms with Crippen molar-refractivity contribution >= 4 is 0 Å². The van der Waals surface area contributed by atoms with Crippen molar-refractivity contribution in [2.75, 3.05) is 0 Å². The number of hydrogen-bond donors (Lipinski definition) is 0. The van der Waals surface area contributed by atoms with E-state index in [2.05, 4.69) is 10.1 Å². The molecule has 0 radical (unpaired) electrons. The lowest BCUT2D eigenvalue weighted by Crippen LogP contribution is -2.03. The van der Waals surface area contributed by atoms with E-state index in [9.17, 15) is 13.2 Å². The first-order valence-electron chi connectivity index (χ1n) is 9.51. The fourth-order valence-corrected chi connectivity index (χ4v) is 3.18. The minimum absolute atomic E-state index is 0.0852. The summed E-state index contributed by atoms with van der Waals surface area (Å²) >= 11 is 0. The molecule has 2 aromatic heterocycles. The summed E-state index contributed by atoms with van der Waals surface area (Å²) in [4.78, 5) is 3.96. The lowest BCUT2D eigenvalue weighted by Gasteiger charge is -2.12. The summed E-state index contributed by atoms with van der Waals surface area (Å²) < 4.78 is 64.2. The van der Waals surface area contributed by atoms with Gasteiger partial charge in [0.05, 0.1) is 5.56 Å². The summed E-state index contributed by atoms with van der Waals surface area (Å²) in [7, 11) is 0. The highest BCUT2D eigenvalue weighted by molar-refractivity contribution is 5.81. The molecule has 31 heavy (non-hydrogen) atoms. The summed E-state index contributed by atoms with van der Waals surface area (Å²) in [6.07, 6.45) is 4.84. The topological polar surface area (TPSA) is 39.9 Å². The normalized spacial score (nSPS) is 11.0. The Labute approximate surface area is 175 Å². The third kappa shape index (κ3) is 4.14. The summed E-state index contributed by atoms with van der Waals surface area (Å²) in [5.41, 5.74) is 0.867. The second-order valence-corrected chi connectivity index (χ2v) is 6.74. The number of aromatic nitrogens is 3. The van der Waals surface area contributed by atoms with E-state index in [1.807, 2.05) is 6.92 Å². The smallest absolute Gasteiger partial charge is 0.177 e. The van der Waals surface area contributed by atoms with E-state index in [4.69, 9.17) is 4.74 Å². The molecule has 0 bridgehead atoms. The van der Waals surface area contributed by atoms with E-state index >= 15 is 4.39 Å². The summed E-state index contributed by atoms with van der Waals surface area (Å²) in [5.74, 6) is -3.43. The first-order chi connectivity index (χ1) is 15.0. The highest BCUT2D eigenvalue weighted by Gasteiger charge is 2.23. The van der Waals surface area contributed by atoms with E-state index in [-0.39, 0.29) is 22.6 Å². The van der Waals surface area contributed by atoms with Crippen LogP contribution >= 0.6 is 0 Å². The minimum atomic E-state index is -0.978. The Bertz CT molecular complexity index is 1230. The van der Waals surface area contributed by atoms with Crippen molar-refractivity contribution < 1.29 is 22.3 Å². The van der Waals surface area contributed by atoms with Crippen LogP contribution in [0.5, 0.6) is 5.75 Å². The first-order valence-corrected chi connectivity index (χ1v) is 9.51. The Morgan fingerprint density at radius 2 is 1.68 bits per heavy atom. The lowest BCUT2D eigenvalue weighted by atomic mass is 10.0. The van der Waals surface area contributed by atoms with Gasteiger partial charge in [-0.25, -0.2) is 17.6 Å². The Balaban J connectivity index is 1.75. The van der Waals surface area contributed by atoms with Gasteiger partial charge in [0.1, 0.15) is 29.8 Å². The summed E-state index contributed by atoms with van der Waals surface area (Å²) in [6, 6.07) is 8.47. The number of hydrogen-bond acceptors (Lipinski definition) is 3. The SMILES string of the molecule is CCn1cc(-c2ccncc2)c(-c2c(F)ccc(OCc3cc(F)ccc3F)c2F)n1. The van der Waals surface area contributed by atoms with Gasteiger partial charge in [0.15, 0.2) is 11.6 Å². The van der Waals surface area contributed by atoms with E-state index in [1.54, 1.807) is 35.4 Å². The Morgan fingerprint density at radius 3 is 2.42 bits per heavy atom. The molecule has 4 rings (SSSR count). The van der Waals surface area contributed by atoms with Crippen molar-refractivity contribution in [2.45, 2.75) is 20.1 Å². The molecule has 0 saturated heterocycles. The number of halogens is 4. The number of aryl methyl sites for hydroxylation is 1. The Kier molecular flexibility index (Phi) is 5.70. The second-order valence-electron chi connectivity index (χ2n) is 6.74. The zero-order valence-electron chi connectivity index (χ0n) is 16.4. The molecule has 0 fully saturated rings. The van der Waals surface area contributed by atoms with E-state index < -0.39 is 29.9 Å². The molecule has 0 amide bonds. The lowest BCUT2D eigenvalue weighted by molar-refractivity contribution is 0.283. The van der Waals surface area contributed by atoms with Crippen molar-refractivity contribution in [3.8, 4) is 28.1 Å². The van der Waals surface area contributed by atoms with Gasteiger partial charge in [-0.05, 0) is 55.0 Å². The van der Waals surface area contributed by atoms with Gasteiger partial charge in [-0.15, -0.1) is 0 Å². The first kappa shape index (κ1) is 20.6. The minimum Gasteiger partial charge on any atom is -0.486 e. The monoisotopic (exact) mass is 427 g/mol. The van der Waals surface area contributed by atoms with Gasteiger partial charge in [0.25, 0.3) is 0 Å². The molecule has 2 aromatic carbocycles. The molecule has 0 N–H and O–H groups in total. The second kappa shape index (κ2) is 8.59. The number of rotatable bonds is 6. The molecular weight excluding hydrogens is 410 g/mol. The van der Waals surface area contributed by atoms with Crippen LogP contribution in [-0.4, -0.2) is 14.8 Å². The van der Waals surface area contributed by atoms with Crippen molar-refractivity contribution in [1.82, 2.24) is 14.8 Å². The highest BCUT2D eigenvalue weighted by Crippen LogP contribution is 2.37. The van der Waals surface area contributed by atoms with Crippen molar-refractivity contribution in [3.05, 3.63) is 89.9 Å². The van der Waals surface area contributed by atoms with Crippen LogP contribution in [0.1, 0.15) is 12.5 Å². The van der Waals surface area contributed by atoms with Crippen LogP contribution in [0.2, 0.25) is 0 Å². The maximum absolute atomic E-state index is 15.3. The highest BCUT2D eigenvalue weighted by atomic mass is 19.1. The van der Waals surface area contributed by atoms with Crippen LogP contribution in [-0.2, 0) is 13.2 Å². The molecule has 2 heterocycles. The van der Waals surface area contributed by atoms with Gasteiger partial charge in [-0.1, -0.05) is 0 Å². The van der Waals surface area contributed by atoms with Crippen LogP contribution in [0.3, 0.4) is 0 Å². The summed E-state index contributed by atoms with van der Waals surface area (Å²) in [6.45, 7) is 1.93. The van der Waals surface area contributed by atoms with Crippen molar-refractivity contribution in [2.24, 2.45) is 0 Å². The third-order valence-corrected chi connectivity index (χ3v) is 4.76. The molecule has 0 spiro atoms. The molecule has 0 atom stereocenters. The zero-order valence-corrected chi connectivity index (χ0v) is 16.4. The molecular formula is C23H17F4N3O. The van der Waals surface area contributed by atoms with E-state index in [0.29, 0.717) is 17.7 Å². The van der Waals surface area contributed by atoms with Crippen molar-refractivity contribution in [3.63, 3.8) is 0 Å². The van der Waals surface area contributed by atoms with Crippen LogP contribution in [0.4, 0.5) is 17.6 Å². The number of ether oxygens (including phenoxy) is 1. The average Bonchev–Trinajstić information content (AvgIpc) is 3.20. The van der Waals surface area contributed by atoms with Crippen LogP contribution in [0, 0.1) is 23.3 Å². The Hall–Kier alpha value is -3.68. The maximum atomic E-state index is 15.3. The molecule has 0 aliphatic heterocycles. The standard InChI is InChI=1S/C23H17F4N3O/c1-2-30-12-17(14-7-9-28-10-8-14)23(29-30)21-19(26)5-6-20(22(21)27)31-13-15-11-16(24)3-4-18(15)25/h3-12H,2,13H2,1H3. The predicted molar refractivity (Wildman–Crippen MR) is 107 cm³/mol. The molecule has 4 aromatic rings. The maximum Gasteiger partial charge on any atom is 0.177 e. The van der Waals surface area contributed by atoms with E-state index in [0.717, 1.165) is 30.3 Å². The van der Waals surface area contributed by atoms with Gasteiger partial charge in [-0.3, -0.25) is 9.67 Å². The molecule has 8 heteroatoms. The average molecular weight is 427 g/mol. The molecule has 0 saturated carbocycles. The fourth-order valence-electron chi connectivity index (χ4n) is 3.18. The quantitative estimate of drug-likeness (QED) is 0.367. The molecule has 0 aliphatic carbocycles. The zero-order chi connectivity index (χ0) is 22.0. The van der Waals surface area contributed by atoms with E-state index in [1.165, 1.54) is 0 Å². The third-order valence-electron chi connectivity index (χ3n) is 4.76. The van der Waals surface area contributed by atoms with Gasteiger partial charge < -0.3 is 4.74 Å². The van der Waals surface area contributed by atoms with Gasteiger partial charge in [0, 0.05) is 36.3 Å². The van der Waals surface area contributed by atoms with Gasteiger partial charge >= 0.3 is 0 Å². The van der Waals surface area contributed by atoms with Crippen LogP contribution < -0.4 is 4.74 Å². The number of pyridine rings is 1. The number of nitrogens with zero attached hydrogens (tertiary/aromatic N) is 3.